The summed E-state index contributed by atoms with van der Waals surface area (Å²) in [6.45, 7) is -0.512. The normalized spacial score (nSPS) is 13.0. The molecule has 1 atom stereocenters. The van der Waals surface area contributed by atoms with Gasteiger partial charge in [0.2, 0.25) is 0 Å². The van der Waals surface area contributed by atoms with Crippen LogP contribution in [0.15, 0.2) is 28.7 Å². The van der Waals surface area contributed by atoms with Gasteiger partial charge in [-0.25, -0.2) is 4.39 Å². The first-order chi connectivity index (χ1) is 5.24. The van der Waals surface area contributed by atoms with Crippen molar-refractivity contribution < 1.29 is 4.39 Å². The summed E-state index contributed by atoms with van der Waals surface area (Å²) in [5, 5.41) is 0. The van der Waals surface area contributed by atoms with Crippen LogP contribution in [0.2, 0.25) is 0 Å². The molecule has 1 nitrogen and oxygen atoms in total. The summed E-state index contributed by atoms with van der Waals surface area (Å²) in [5.41, 5.74) is 6.28. The molecule has 1 aromatic carbocycles. The van der Waals surface area contributed by atoms with E-state index in [4.69, 9.17) is 5.73 Å². The molecule has 0 fully saturated rings. The van der Waals surface area contributed by atoms with Gasteiger partial charge in [0.1, 0.15) is 6.67 Å². The number of halogens is 2. The molecule has 0 bridgehead atoms. The van der Waals surface area contributed by atoms with Crippen LogP contribution in [0.4, 0.5) is 4.39 Å². The van der Waals surface area contributed by atoms with Crippen LogP contribution in [0.5, 0.6) is 0 Å². The van der Waals surface area contributed by atoms with Crippen LogP contribution in [0.3, 0.4) is 0 Å². The average molecular weight is 218 g/mol. The van der Waals surface area contributed by atoms with Crippen LogP contribution in [0.1, 0.15) is 11.6 Å². The second kappa shape index (κ2) is 3.83. The van der Waals surface area contributed by atoms with E-state index in [9.17, 15) is 4.39 Å². The quantitative estimate of drug-likeness (QED) is 0.810. The van der Waals surface area contributed by atoms with E-state index in [0.29, 0.717) is 0 Å². The summed E-state index contributed by atoms with van der Waals surface area (Å²) in [4.78, 5) is 0. The lowest BCUT2D eigenvalue weighted by atomic mass is 10.1. The molecule has 0 radical (unpaired) electrons. The fourth-order valence-electron chi connectivity index (χ4n) is 0.799. The Bertz CT molecular complexity index is 222. The maximum atomic E-state index is 12.0. The first-order valence-corrected chi connectivity index (χ1v) is 4.10. The topological polar surface area (TPSA) is 26.0 Å². The van der Waals surface area contributed by atoms with Crippen molar-refractivity contribution in [3.63, 3.8) is 0 Å². The fourth-order valence-corrected chi connectivity index (χ4v) is 1.06. The molecule has 2 N–H and O–H groups in total. The van der Waals surface area contributed by atoms with Gasteiger partial charge in [-0.05, 0) is 17.7 Å². The van der Waals surface area contributed by atoms with Crippen LogP contribution < -0.4 is 5.73 Å². The monoisotopic (exact) mass is 217 g/mol. The Balaban J connectivity index is 2.81. The first-order valence-electron chi connectivity index (χ1n) is 3.31. The lowest BCUT2D eigenvalue weighted by Gasteiger charge is -2.05. The minimum atomic E-state index is -0.512. The zero-order valence-electron chi connectivity index (χ0n) is 5.93. The Labute approximate surface area is 73.5 Å². The van der Waals surface area contributed by atoms with Gasteiger partial charge >= 0.3 is 0 Å². The Hall–Kier alpha value is -0.410. The maximum Gasteiger partial charge on any atom is 0.109 e. The van der Waals surface area contributed by atoms with Gasteiger partial charge in [-0.15, -0.1) is 0 Å². The predicted octanol–water partition coefficient (Wildman–Crippen LogP) is 2.42. The maximum absolute atomic E-state index is 12.0. The fraction of sp³-hybridized carbons (Fsp3) is 0.250. The lowest BCUT2D eigenvalue weighted by Crippen LogP contribution is -2.11. The van der Waals surface area contributed by atoms with Crippen molar-refractivity contribution in [1.29, 1.82) is 0 Å². The van der Waals surface area contributed by atoms with Gasteiger partial charge in [0.15, 0.2) is 0 Å². The molecule has 3 heteroatoms. The zero-order valence-corrected chi connectivity index (χ0v) is 7.51. The van der Waals surface area contributed by atoms with Gasteiger partial charge < -0.3 is 5.73 Å². The standard InChI is InChI=1S/C8H9BrFN/c9-7-3-1-6(2-4-7)8(11)5-10/h1-4,8H,5,11H2/t8-/m1/s1. The van der Waals surface area contributed by atoms with Crippen LogP contribution in [0.25, 0.3) is 0 Å². The van der Waals surface area contributed by atoms with E-state index in [1.54, 1.807) is 0 Å². The van der Waals surface area contributed by atoms with Gasteiger partial charge in [-0.2, -0.15) is 0 Å². The molecule has 0 heterocycles. The van der Waals surface area contributed by atoms with E-state index in [2.05, 4.69) is 15.9 Å². The van der Waals surface area contributed by atoms with Crippen molar-refractivity contribution in [1.82, 2.24) is 0 Å². The summed E-state index contributed by atoms with van der Waals surface area (Å²) in [6.07, 6.45) is 0. The molecule has 0 saturated heterocycles. The largest absolute Gasteiger partial charge is 0.322 e. The van der Waals surface area contributed by atoms with Gasteiger partial charge in [0.25, 0.3) is 0 Å². The SMILES string of the molecule is N[C@H](CF)c1ccc(Br)cc1. The molecule has 60 valence electrons. The highest BCUT2D eigenvalue weighted by Gasteiger charge is 2.03. The highest BCUT2D eigenvalue weighted by atomic mass is 79.9. The summed E-state index contributed by atoms with van der Waals surface area (Å²) < 4.78 is 13.0. The Morgan fingerprint density at radius 3 is 2.36 bits per heavy atom. The Kier molecular flexibility index (Phi) is 3.02. The molecule has 11 heavy (non-hydrogen) atoms. The Morgan fingerprint density at radius 2 is 1.91 bits per heavy atom. The summed E-state index contributed by atoms with van der Waals surface area (Å²) in [7, 11) is 0. The average Bonchev–Trinajstić information content (AvgIpc) is 2.05. The summed E-state index contributed by atoms with van der Waals surface area (Å²) >= 11 is 3.28. The van der Waals surface area contributed by atoms with E-state index >= 15 is 0 Å². The molecule has 0 saturated carbocycles. The molecule has 0 amide bonds. The van der Waals surface area contributed by atoms with E-state index in [1.165, 1.54) is 0 Å². The van der Waals surface area contributed by atoms with Crippen LogP contribution >= 0.6 is 15.9 Å². The predicted molar refractivity (Wildman–Crippen MR) is 47.0 cm³/mol. The molecule has 0 aliphatic heterocycles. The van der Waals surface area contributed by atoms with Crippen LogP contribution in [0, 0.1) is 0 Å². The van der Waals surface area contributed by atoms with Crippen LogP contribution in [-0.2, 0) is 0 Å². The molecular formula is C8H9BrFN. The van der Waals surface area contributed by atoms with Gasteiger partial charge in [-0.3, -0.25) is 0 Å². The van der Waals surface area contributed by atoms with Crippen molar-refractivity contribution in [3.05, 3.63) is 34.3 Å². The smallest absolute Gasteiger partial charge is 0.109 e. The molecular weight excluding hydrogens is 209 g/mol. The zero-order chi connectivity index (χ0) is 8.27. The molecule has 0 aliphatic rings. The molecule has 0 spiro atoms. The van der Waals surface area contributed by atoms with E-state index in [0.717, 1.165) is 10.0 Å². The minimum Gasteiger partial charge on any atom is -0.322 e. The minimum absolute atomic E-state index is 0.483. The van der Waals surface area contributed by atoms with Crippen molar-refractivity contribution >= 4 is 15.9 Å². The number of benzene rings is 1. The third kappa shape index (κ3) is 2.27. The first kappa shape index (κ1) is 8.68. The molecule has 1 aromatic rings. The van der Waals surface area contributed by atoms with Gasteiger partial charge in [-0.1, -0.05) is 28.1 Å². The van der Waals surface area contributed by atoms with Crippen molar-refractivity contribution in [2.24, 2.45) is 5.73 Å². The molecule has 0 unspecified atom stereocenters. The number of hydrogen-bond donors (Lipinski definition) is 1. The molecule has 0 aliphatic carbocycles. The highest BCUT2D eigenvalue weighted by Crippen LogP contribution is 2.15. The second-order valence-corrected chi connectivity index (χ2v) is 3.23. The van der Waals surface area contributed by atoms with Crippen molar-refractivity contribution in [2.75, 3.05) is 6.67 Å². The number of nitrogens with two attached hydrogens (primary N) is 1. The number of hydrogen-bond acceptors (Lipinski definition) is 1. The third-order valence-electron chi connectivity index (χ3n) is 1.46. The summed E-state index contributed by atoms with van der Waals surface area (Å²) in [5.74, 6) is 0. The van der Waals surface area contributed by atoms with Gasteiger partial charge in [0, 0.05) is 4.47 Å². The highest BCUT2D eigenvalue weighted by molar-refractivity contribution is 9.10. The van der Waals surface area contributed by atoms with Crippen LogP contribution in [-0.4, -0.2) is 6.67 Å². The number of alkyl halides is 1. The van der Waals surface area contributed by atoms with E-state index in [-0.39, 0.29) is 0 Å². The van der Waals surface area contributed by atoms with E-state index < -0.39 is 12.7 Å². The van der Waals surface area contributed by atoms with E-state index in [1.807, 2.05) is 24.3 Å². The van der Waals surface area contributed by atoms with Crippen molar-refractivity contribution in [2.45, 2.75) is 6.04 Å². The molecule has 1 rings (SSSR count). The lowest BCUT2D eigenvalue weighted by molar-refractivity contribution is 0.437. The summed E-state index contributed by atoms with van der Waals surface area (Å²) in [6, 6.07) is 6.85. The van der Waals surface area contributed by atoms with Crippen molar-refractivity contribution in [3.8, 4) is 0 Å². The molecule has 0 aromatic heterocycles. The second-order valence-electron chi connectivity index (χ2n) is 2.31. The Morgan fingerprint density at radius 1 is 1.36 bits per heavy atom. The number of rotatable bonds is 2. The third-order valence-corrected chi connectivity index (χ3v) is 1.99. The van der Waals surface area contributed by atoms with Gasteiger partial charge in [0.05, 0.1) is 6.04 Å².